The summed E-state index contributed by atoms with van der Waals surface area (Å²) >= 11 is 4.17. The van der Waals surface area contributed by atoms with Crippen molar-refractivity contribution in [1.29, 1.82) is 0 Å². The average Bonchev–Trinajstić information content (AvgIpc) is 2.25. The summed E-state index contributed by atoms with van der Waals surface area (Å²) in [6, 6.07) is 0. The van der Waals surface area contributed by atoms with Crippen LogP contribution in [0.3, 0.4) is 0 Å². The van der Waals surface area contributed by atoms with Crippen LogP contribution < -0.4 is 12.4 Å². The van der Waals surface area contributed by atoms with Crippen molar-refractivity contribution in [1.82, 2.24) is 0 Å². The van der Waals surface area contributed by atoms with Crippen molar-refractivity contribution in [3.8, 4) is 0 Å². The second kappa shape index (κ2) is 7.67. The van der Waals surface area contributed by atoms with Crippen molar-refractivity contribution in [2.75, 3.05) is 32.4 Å². The standard InChI is InChI=1S/C10H22NO7PS2.ClH/c1-11(5-6-20)4-2-3-9(8-11)7-10(12,19(13,14)15)21(16,17)18;/h9,12H,2-8H2,1H3,(H3-,13,14,15,16,17,18,20);1H. The molecule has 0 spiro atoms. The summed E-state index contributed by atoms with van der Waals surface area (Å²) in [5, 5.41) is 9.91. The predicted octanol–water partition coefficient (Wildman–Crippen LogP) is -3.12. The number of halogens is 1. The highest BCUT2D eigenvalue weighted by molar-refractivity contribution is 7.94. The summed E-state index contributed by atoms with van der Waals surface area (Å²) in [4.78, 5) is 18.3. The lowest BCUT2D eigenvalue weighted by molar-refractivity contribution is -0.915. The maximum absolute atomic E-state index is 11.3. The quantitative estimate of drug-likeness (QED) is 0.138. The van der Waals surface area contributed by atoms with E-state index >= 15 is 0 Å². The van der Waals surface area contributed by atoms with Crippen LogP contribution in [0.25, 0.3) is 0 Å². The van der Waals surface area contributed by atoms with Crippen molar-refractivity contribution < 1.29 is 49.3 Å². The van der Waals surface area contributed by atoms with E-state index in [1.165, 1.54) is 0 Å². The summed E-state index contributed by atoms with van der Waals surface area (Å²) in [5.41, 5.74) is 0. The zero-order valence-electron chi connectivity index (χ0n) is 12.2. The zero-order chi connectivity index (χ0) is 16.5. The van der Waals surface area contributed by atoms with Crippen LogP contribution in [0.2, 0.25) is 0 Å². The smallest absolute Gasteiger partial charge is 0.375 e. The highest BCUT2D eigenvalue weighted by Crippen LogP contribution is 2.55. The number of quaternary nitrogens is 1. The van der Waals surface area contributed by atoms with Crippen LogP contribution in [0, 0.1) is 5.92 Å². The van der Waals surface area contributed by atoms with Gasteiger partial charge in [-0.3, -0.25) is 9.12 Å². The van der Waals surface area contributed by atoms with E-state index < -0.39 is 34.7 Å². The first-order valence-electron chi connectivity index (χ1n) is 6.54. The fourth-order valence-corrected chi connectivity index (χ4v) is 5.56. The van der Waals surface area contributed by atoms with E-state index in [2.05, 4.69) is 12.6 Å². The Morgan fingerprint density at radius 1 is 1.41 bits per heavy atom. The number of likely N-dealkylation sites (tertiary alicyclic amines) is 1. The van der Waals surface area contributed by atoms with Gasteiger partial charge in [-0.15, -0.1) is 0 Å². The van der Waals surface area contributed by atoms with Crippen LogP contribution >= 0.6 is 20.2 Å². The Kier molecular flexibility index (Phi) is 7.89. The summed E-state index contributed by atoms with van der Waals surface area (Å²) < 4.78 is 40.1. The second-order valence-electron chi connectivity index (χ2n) is 5.95. The van der Waals surface area contributed by atoms with Crippen molar-refractivity contribution in [3.63, 3.8) is 0 Å². The van der Waals surface area contributed by atoms with Crippen LogP contribution in [0.4, 0.5) is 0 Å². The van der Waals surface area contributed by atoms with Gasteiger partial charge in [-0.2, -0.15) is 21.0 Å². The van der Waals surface area contributed by atoms with Gasteiger partial charge in [-0.1, -0.05) is 0 Å². The Morgan fingerprint density at radius 2 is 1.95 bits per heavy atom. The first-order valence-corrected chi connectivity index (χ1v) is 10.2. The molecule has 1 heterocycles. The molecule has 8 nitrogen and oxygen atoms in total. The lowest BCUT2D eigenvalue weighted by Crippen LogP contribution is -3.00. The maximum Gasteiger partial charge on any atom is 0.375 e. The third kappa shape index (κ3) is 5.06. The molecule has 1 aliphatic rings. The molecule has 3 unspecified atom stereocenters. The number of aliphatic hydroxyl groups is 1. The molecule has 1 fully saturated rings. The molecule has 0 aliphatic carbocycles. The Labute approximate surface area is 142 Å². The van der Waals surface area contributed by atoms with E-state index in [1.807, 2.05) is 7.05 Å². The van der Waals surface area contributed by atoms with Gasteiger partial charge in [-0.25, -0.2) is 0 Å². The zero-order valence-corrected chi connectivity index (χ0v) is 15.5. The molecule has 134 valence electrons. The van der Waals surface area contributed by atoms with E-state index in [0.717, 1.165) is 19.5 Å². The number of thiol groups is 1. The third-order valence-electron chi connectivity index (χ3n) is 4.07. The molecule has 1 rings (SSSR count). The van der Waals surface area contributed by atoms with Gasteiger partial charge in [0.15, 0.2) is 0 Å². The summed E-state index contributed by atoms with van der Waals surface area (Å²) in [6.45, 7) is 2.06. The monoisotopic (exact) mass is 399 g/mol. The Bertz CT molecular complexity index is 523. The van der Waals surface area contributed by atoms with Crippen molar-refractivity contribution in [3.05, 3.63) is 0 Å². The molecule has 0 amide bonds. The van der Waals surface area contributed by atoms with Gasteiger partial charge < -0.3 is 31.8 Å². The Balaban J connectivity index is 0.00000441. The Hall–Kier alpha value is 0.620. The van der Waals surface area contributed by atoms with E-state index in [1.54, 1.807) is 0 Å². The first kappa shape index (κ1) is 22.6. The van der Waals surface area contributed by atoms with Crippen LogP contribution in [0.5, 0.6) is 0 Å². The molecule has 3 atom stereocenters. The molecule has 0 radical (unpaired) electrons. The van der Waals surface area contributed by atoms with E-state index in [0.29, 0.717) is 23.2 Å². The lowest BCUT2D eigenvalue weighted by Gasteiger charge is -2.42. The molecule has 0 bridgehead atoms. The molecule has 4 N–H and O–H groups in total. The number of hydrogen-bond acceptors (Lipinski definition) is 5. The molecular formula is C10H23ClNO7PS2. The number of piperidine rings is 1. The lowest BCUT2D eigenvalue weighted by atomic mass is 9.93. The van der Waals surface area contributed by atoms with Gasteiger partial charge >= 0.3 is 17.7 Å². The molecule has 12 heteroatoms. The predicted molar refractivity (Wildman–Crippen MR) is 80.5 cm³/mol. The Morgan fingerprint density at radius 3 is 2.36 bits per heavy atom. The third-order valence-corrected chi connectivity index (χ3v) is 7.76. The van der Waals surface area contributed by atoms with Crippen molar-refractivity contribution >= 4 is 30.3 Å². The molecule has 22 heavy (non-hydrogen) atoms. The number of hydrogen-bond donors (Lipinski definition) is 5. The number of nitrogens with zero attached hydrogens (tertiary/aromatic N) is 1. The SMILES string of the molecule is C[N+]1(CCS)CCCC(CC(O)(P(=O)(O)O)S(=O)(=O)O)C1.[Cl-]. The van der Waals surface area contributed by atoms with E-state index in [9.17, 15) is 18.1 Å². The van der Waals surface area contributed by atoms with E-state index in [-0.39, 0.29) is 12.4 Å². The molecule has 1 saturated heterocycles. The van der Waals surface area contributed by atoms with Gasteiger partial charge in [0, 0.05) is 18.1 Å². The summed E-state index contributed by atoms with van der Waals surface area (Å²) in [7, 11) is -8.79. The number of rotatable bonds is 6. The van der Waals surface area contributed by atoms with Gasteiger partial charge in [0.25, 0.3) is 4.67 Å². The highest BCUT2D eigenvalue weighted by atomic mass is 35.5. The maximum atomic E-state index is 11.3. The minimum absolute atomic E-state index is 0. The normalized spacial score (nSPS) is 29.5. The molecule has 0 aromatic heterocycles. The fraction of sp³-hybridized carbons (Fsp3) is 1.00. The minimum Gasteiger partial charge on any atom is -1.00 e. The van der Waals surface area contributed by atoms with Gasteiger partial charge in [0.05, 0.1) is 26.7 Å². The minimum atomic E-state index is -5.44. The fourth-order valence-electron chi connectivity index (χ4n) is 2.93. The summed E-state index contributed by atoms with van der Waals surface area (Å²) in [5.74, 6) is 0.216. The molecule has 0 aromatic rings. The molecule has 0 saturated carbocycles. The van der Waals surface area contributed by atoms with Gasteiger partial charge in [-0.05, 0) is 12.8 Å². The topological polar surface area (TPSA) is 132 Å². The molecule has 0 aromatic carbocycles. The summed E-state index contributed by atoms with van der Waals surface area (Å²) in [6.07, 6.45) is 0.604. The second-order valence-corrected chi connectivity index (χ2v) is 10.2. The largest absolute Gasteiger partial charge is 1.00 e. The average molecular weight is 400 g/mol. The van der Waals surface area contributed by atoms with Crippen LogP contribution in [0.1, 0.15) is 19.3 Å². The van der Waals surface area contributed by atoms with Crippen molar-refractivity contribution in [2.24, 2.45) is 5.92 Å². The van der Waals surface area contributed by atoms with Crippen molar-refractivity contribution in [2.45, 2.75) is 23.9 Å². The van der Waals surface area contributed by atoms with Crippen LogP contribution in [-0.4, -0.2) is 69.5 Å². The first-order chi connectivity index (χ1) is 9.35. The highest BCUT2D eigenvalue weighted by Gasteiger charge is 2.58. The molecule has 1 aliphatic heterocycles. The van der Waals surface area contributed by atoms with E-state index in [4.69, 9.17) is 14.3 Å². The van der Waals surface area contributed by atoms with Gasteiger partial charge in [0.1, 0.15) is 0 Å². The van der Waals surface area contributed by atoms with Crippen LogP contribution in [0.15, 0.2) is 0 Å². The van der Waals surface area contributed by atoms with Crippen LogP contribution in [-0.2, 0) is 14.7 Å². The van der Waals surface area contributed by atoms with Gasteiger partial charge in [0.2, 0.25) is 0 Å². The molecular weight excluding hydrogens is 377 g/mol.